The van der Waals surface area contributed by atoms with Crippen molar-refractivity contribution in [3.8, 4) is 0 Å². The molecule has 0 aromatic heterocycles. The Morgan fingerprint density at radius 1 is 0.271 bits per heavy atom. The van der Waals surface area contributed by atoms with Crippen LogP contribution < -0.4 is 26.5 Å². The van der Waals surface area contributed by atoms with Crippen molar-refractivity contribution in [2.75, 3.05) is 12.3 Å². The van der Waals surface area contributed by atoms with Crippen molar-refractivity contribution in [1.29, 1.82) is 0 Å². The second-order valence-electron chi connectivity index (χ2n) is 13.0. The van der Waals surface area contributed by atoms with E-state index in [4.69, 9.17) is 0 Å². The minimum atomic E-state index is -1.72. The largest absolute Gasteiger partial charge is 0.112 e. The maximum absolute atomic E-state index is 2.40. The molecule has 48 heavy (non-hydrogen) atoms. The Kier molecular flexibility index (Phi) is 12.4. The van der Waals surface area contributed by atoms with Gasteiger partial charge < -0.3 is 0 Å². The number of hydrogen-bond acceptors (Lipinski definition) is 0. The van der Waals surface area contributed by atoms with Gasteiger partial charge >= 0.3 is 0 Å². The molecular formula is C46H50P2+2. The summed E-state index contributed by atoms with van der Waals surface area (Å²) in [7, 11) is -3.31. The van der Waals surface area contributed by atoms with Gasteiger partial charge in [-0.1, -0.05) is 141 Å². The van der Waals surface area contributed by atoms with E-state index in [2.05, 4.69) is 182 Å². The molecule has 242 valence electrons. The quantitative estimate of drug-likeness (QED) is 0.0673. The van der Waals surface area contributed by atoms with Gasteiger partial charge in [-0.25, -0.2) is 0 Å². The van der Waals surface area contributed by atoms with Crippen LogP contribution in [0.4, 0.5) is 0 Å². The topological polar surface area (TPSA) is 0 Å². The van der Waals surface area contributed by atoms with Gasteiger partial charge in [-0.3, -0.25) is 0 Å². The Balaban J connectivity index is 1.09. The highest BCUT2D eigenvalue weighted by Gasteiger charge is 2.44. The van der Waals surface area contributed by atoms with Crippen molar-refractivity contribution in [2.24, 2.45) is 0 Å². The van der Waals surface area contributed by atoms with E-state index in [0.717, 1.165) is 6.16 Å². The monoisotopic (exact) mass is 664 g/mol. The Labute approximate surface area is 291 Å². The smallest absolute Gasteiger partial charge is 0.0622 e. The first-order valence-corrected chi connectivity index (χ1v) is 22.0. The van der Waals surface area contributed by atoms with Crippen LogP contribution in [0.2, 0.25) is 0 Å². The van der Waals surface area contributed by atoms with Gasteiger partial charge in [0.1, 0.15) is 23.2 Å². The molecule has 0 nitrogen and oxygen atoms in total. The summed E-state index contributed by atoms with van der Waals surface area (Å²) in [5, 5.41) is 7.59. The average molecular weight is 665 g/mol. The van der Waals surface area contributed by atoms with Crippen LogP contribution in [0.3, 0.4) is 0 Å². The first kappa shape index (κ1) is 34.1. The highest BCUT2D eigenvalue weighted by molar-refractivity contribution is 7.95. The molecule has 0 spiro atoms. The molecule has 0 bridgehead atoms. The van der Waals surface area contributed by atoms with Crippen LogP contribution in [0.15, 0.2) is 182 Å². The lowest BCUT2D eigenvalue weighted by Crippen LogP contribution is -2.33. The third-order valence-electron chi connectivity index (χ3n) is 9.92. The molecule has 0 aliphatic carbocycles. The van der Waals surface area contributed by atoms with Gasteiger partial charge in [-0.05, 0) is 91.9 Å². The summed E-state index contributed by atoms with van der Waals surface area (Å²) in [5.74, 6) is 0. The fraction of sp³-hybridized carbons (Fsp3) is 0.217. The van der Waals surface area contributed by atoms with E-state index in [0.29, 0.717) is 0 Å². The summed E-state index contributed by atoms with van der Waals surface area (Å²) >= 11 is 0. The van der Waals surface area contributed by atoms with Gasteiger partial charge in [0.2, 0.25) is 0 Å². The molecule has 2 heteroatoms. The Bertz CT molecular complexity index is 1600. The Morgan fingerprint density at radius 3 is 0.938 bits per heavy atom. The molecule has 0 fully saturated rings. The van der Waals surface area contributed by atoms with Gasteiger partial charge in [0, 0.05) is 0 Å². The maximum atomic E-state index is 2.40. The molecule has 0 aliphatic heterocycles. The second-order valence-corrected chi connectivity index (χ2v) is 20.4. The lowest BCUT2D eigenvalue weighted by molar-refractivity contribution is 0.604. The van der Waals surface area contributed by atoms with Crippen LogP contribution in [0, 0.1) is 0 Å². The van der Waals surface area contributed by atoms with E-state index in [9.17, 15) is 0 Å². The number of benzene rings is 6. The molecule has 0 saturated carbocycles. The molecule has 0 unspecified atom stereocenters. The first-order chi connectivity index (χ1) is 23.8. The normalized spacial score (nSPS) is 11.8. The second kappa shape index (κ2) is 17.5. The Morgan fingerprint density at radius 2 is 0.562 bits per heavy atom. The zero-order valence-electron chi connectivity index (χ0n) is 28.3. The van der Waals surface area contributed by atoms with Crippen molar-refractivity contribution in [1.82, 2.24) is 0 Å². The molecule has 0 amide bonds. The predicted octanol–water partition coefficient (Wildman–Crippen LogP) is 10.6. The maximum Gasteiger partial charge on any atom is 0.112 e. The molecule has 0 N–H and O–H groups in total. The molecule has 0 aliphatic rings. The summed E-state index contributed by atoms with van der Waals surface area (Å²) in [6, 6.07) is 68.1. The Hall–Kier alpha value is -3.82. The summed E-state index contributed by atoms with van der Waals surface area (Å²) < 4.78 is 0. The van der Waals surface area contributed by atoms with Crippen LogP contribution in [0.5, 0.6) is 0 Å². The van der Waals surface area contributed by atoms with Gasteiger partial charge in [0.15, 0.2) is 0 Å². The summed E-state index contributed by atoms with van der Waals surface area (Å²) in [6.45, 7) is 0. The van der Waals surface area contributed by atoms with Crippen molar-refractivity contribution in [2.45, 2.75) is 51.1 Å². The highest BCUT2D eigenvalue weighted by Crippen LogP contribution is 2.60. The van der Waals surface area contributed by atoms with Crippen molar-refractivity contribution in [3.63, 3.8) is 0 Å². The van der Waals surface area contributed by atoms with E-state index in [1.807, 2.05) is 0 Å². The minimum Gasteiger partial charge on any atom is -0.0622 e. The van der Waals surface area contributed by atoms with E-state index in [1.54, 1.807) is 10.6 Å². The number of rotatable bonds is 17. The first-order valence-electron chi connectivity index (χ1n) is 17.9. The van der Waals surface area contributed by atoms with E-state index in [-0.39, 0.29) is 0 Å². The third-order valence-corrected chi connectivity index (χ3v) is 19.0. The van der Waals surface area contributed by atoms with Crippen LogP contribution in [-0.4, -0.2) is 12.3 Å². The zero-order valence-corrected chi connectivity index (χ0v) is 30.1. The minimum absolute atomic E-state index is 1.14. The molecule has 0 saturated heterocycles. The standard InChI is InChI=1S/C46H50P2/c1(3-5-25-39-48(44-32-18-9-19-33-44,45-34-20-10-21-35-45)46-36-22-11-23-37-46)2-4-24-38-47(42-28-14-7-15-29-42,43-30-16-8-17-31-43)40-41-26-12-6-13-27-41/h6-23,26-37H,1-5,24-25,38-40H2/q+2. The lowest BCUT2D eigenvalue weighted by Gasteiger charge is -2.28. The number of unbranched alkanes of at least 4 members (excludes halogenated alkanes) is 6. The van der Waals surface area contributed by atoms with Crippen molar-refractivity contribution >= 4 is 41.0 Å². The van der Waals surface area contributed by atoms with Gasteiger partial charge in [-0.15, -0.1) is 0 Å². The fourth-order valence-corrected chi connectivity index (χ4v) is 16.3. The SMILES string of the molecule is c1ccc(C[P+](CCCCCCCCC[P+](c2ccccc2)(c2ccccc2)c2ccccc2)(c2ccccc2)c2ccccc2)cc1. The van der Waals surface area contributed by atoms with Crippen LogP contribution >= 0.6 is 14.5 Å². The van der Waals surface area contributed by atoms with Gasteiger partial charge in [-0.2, -0.15) is 0 Å². The molecule has 6 rings (SSSR count). The fourth-order valence-electron chi connectivity index (χ4n) is 7.49. The van der Waals surface area contributed by atoms with Crippen LogP contribution in [0.1, 0.15) is 50.5 Å². The average Bonchev–Trinajstić information content (AvgIpc) is 3.17. The van der Waals surface area contributed by atoms with Crippen molar-refractivity contribution < 1.29 is 0 Å². The summed E-state index contributed by atoms with van der Waals surface area (Å²) in [5.41, 5.74) is 1.46. The highest BCUT2D eigenvalue weighted by atomic mass is 31.2. The van der Waals surface area contributed by atoms with Gasteiger partial charge in [0.05, 0.1) is 36.4 Å². The molecule has 0 radical (unpaired) electrons. The third kappa shape index (κ3) is 8.24. The molecular weight excluding hydrogens is 614 g/mol. The summed E-state index contributed by atoms with van der Waals surface area (Å²) in [6.07, 6.45) is 12.8. The predicted molar refractivity (Wildman–Crippen MR) is 216 cm³/mol. The van der Waals surface area contributed by atoms with Crippen LogP contribution in [0.25, 0.3) is 0 Å². The van der Waals surface area contributed by atoms with E-state index in [1.165, 1.54) is 78.7 Å². The van der Waals surface area contributed by atoms with E-state index < -0.39 is 14.5 Å². The number of hydrogen-bond donors (Lipinski definition) is 0. The molecule has 0 atom stereocenters. The van der Waals surface area contributed by atoms with Crippen LogP contribution in [-0.2, 0) is 6.16 Å². The molecule has 0 heterocycles. The lowest BCUT2D eigenvalue weighted by atomic mass is 10.1. The summed E-state index contributed by atoms with van der Waals surface area (Å²) in [4.78, 5) is 0. The molecule has 6 aromatic carbocycles. The zero-order chi connectivity index (χ0) is 32.7. The molecule has 6 aromatic rings. The van der Waals surface area contributed by atoms with E-state index >= 15 is 0 Å². The van der Waals surface area contributed by atoms with Crippen molar-refractivity contribution in [3.05, 3.63) is 188 Å². The van der Waals surface area contributed by atoms with Gasteiger partial charge in [0.25, 0.3) is 0 Å².